The maximum absolute atomic E-state index is 11.8. The van der Waals surface area contributed by atoms with Gasteiger partial charge in [-0.1, -0.05) is 26.3 Å². The molecule has 1 unspecified atom stereocenters. The Morgan fingerprint density at radius 1 is 1.47 bits per heavy atom. The first kappa shape index (κ1) is 14.7. The van der Waals surface area contributed by atoms with Crippen molar-refractivity contribution in [2.45, 2.75) is 53.1 Å². The van der Waals surface area contributed by atoms with Crippen molar-refractivity contribution >= 4 is 5.78 Å². The van der Waals surface area contributed by atoms with Gasteiger partial charge in [-0.15, -0.1) is 0 Å². The van der Waals surface area contributed by atoms with Crippen molar-refractivity contribution in [2.75, 3.05) is 0 Å². The zero-order valence-electron chi connectivity index (χ0n) is 12.4. The van der Waals surface area contributed by atoms with Crippen molar-refractivity contribution < 1.29 is 14.9 Å². The molecule has 3 heteroatoms. The molecule has 2 aliphatic rings. The van der Waals surface area contributed by atoms with E-state index in [1.165, 1.54) is 6.42 Å². The molecule has 0 aliphatic heterocycles. The molecule has 0 aromatic heterocycles. The second-order valence-electron chi connectivity index (χ2n) is 6.57. The average molecular weight is 266 g/mol. The maximum Gasteiger partial charge on any atom is 0.132 e. The number of hydrogen-bond donors (Lipinski definition) is 1. The van der Waals surface area contributed by atoms with Gasteiger partial charge < -0.3 is 0 Å². The van der Waals surface area contributed by atoms with Crippen molar-refractivity contribution in [3.8, 4) is 0 Å². The number of fused-ring (bicyclic) bond motifs is 1. The molecule has 0 aromatic carbocycles. The molecule has 0 spiro atoms. The predicted molar refractivity (Wildman–Crippen MR) is 74.6 cm³/mol. The van der Waals surface area contributed by atoms with E-state index in [4.69, 9.17) is 4.89 Å². The largest absolute Gasteiger partial charge is 0.300 e. The van der Waals surface area contributed by atoms with E-state index in [1.807, 2.05) is 13.8 Å². The van der Waals surface area contributed by atoms with Gasteiger partial charge in [-0.3, -0.25) is 10.1 Å². The summed E-state index contributed by atoms with van der Waals surface area (Å²) in [5.41, 5.74) is 1.11. The summed E-state index contributed by atoms with van der Waals surface area (Å²) in [6.07, 6.45) is 5.26. The Balaban J connectivity index is 2.31. The Labute approximate surface area is 116 Å². The Hall–Kier alpha value is -0.670. The van der Waals surface area contributed by atoms with E-state index in [2.05, 4.69) is 13.0 Å². The third-order valence-corrected chi connectivity index (χ3v) is 5.58. The quantitative estimate of drug-likeness (QED) is 0.481. The van der Waals surface area contributed by atoms with E-state index in [-0.39, 0.29) is 23.7 Å². The molecule has 0 saturated heterocycles. The van der Waals surface area contributed by atoms with Crippen LogP contribution < -0.4 is 0 Å². The van der Waals surface area contributed by atoms with Crippen molar-refractivity contribution in [3.63, 3.8) is 0 Å². The van der Waals surface area contributed by atoms with E-state index in [0.29, 0.717) is 17.8 Å². The van der Waals surface area contributed by atoms with Crippen LogP contribution in [-0.4, -0.2) is 17.1 Å². The van der Waals surface area contributed by atoms with Crippen LogP contribution in [0.3, 0.4) is 0 Å². The first-order valence-corrected chi connectivity index (χ1v) is 7.44. The van der Waals surface area contributed by atoms with Crippen LogP contribution in [0.15, 0.2) is 11.6 Å². The molecule has 0 bridgehead atoms. The van der Waals surface area contributed by atoms with E-state index < -0.39 is 0 Å². The molecular weight excluding hydrogens is 240 g/mol. The molecule has 0 aromatic rings. The minimum Gasteiger partial charge on any atom is -0.300 e. The van der Waals surface area contributed by atoms with Gasteiger partial charge in [0.15, 0.2) is 0 Å². The van der Waals surface area contributed by atoms with Gasteiger partial charge in [0.1, 0.15) is 11.9 Å². The topological polar surface area (TPSA) is 46.5 Å². The van der Waals surface area contributed by atoms with Crippen LogP contribution in [0.1, 0.15) is 47.0 Å². The highest BCUT2D eigenvalue weighted by molar-refractivity contribution is 5.78. The van der Waals surface area contributed by atoms with Crippen LogP contribution in [-0.2, 0) is 9.68 Å². The number of ketones is 1. The van der Waals surface area contributed by atoms with E-state index >= 15 is 0 Å². The summed E-state index contributed by atoms with van der Waals surface area (Å²) >= 11 is 0. The molecule has 2 rings (SSSR count). The summed E-state index contributed by atoms with van der Waals surface area (Å²) in [6, 6.07) is 0. The minimum atomic E-state index is -0.228. The number of hydrogen-bond acceptors (Lipinski definition) is 3. The van der Waals surface area contributed by atoms with E-state index in [0.717, 1.165) is 18.4 Å². The molecule has 3 nitrogen and oxygen atoms in total. The van der Waals surface area contributed by atoms with Gasteiger partial charge in [0, 0.05) is 5.92 Å². The van der Waals surface area contributed by atoms with Crippen LogP contribution in [0.2, 0.25) is 0 Å². The van der Waals surface area contributed by atoms with Gasteiger partial charge in [-0.05, 0) is 55.9 Å². The van der Waals surface area contributed by atoms with E-state index in [1.54, 1.807) is 6.92 Å². The molecular formula is C16H26O3. The van der Waals surface area contributed by atoms with Crippen LogP contribution >= 0.6 is 0 Å². The zero-order valence-corrected chi connectivity index (χ0v) is 12.4. The van der Waals surface area contributed by atoms with Crippen LogP contribution in [0.25, 0.3) is 0 Å². The van der Waals surface area contributed by atoms with E-state index in [9.17, 15) is 10.1 Å². The van der Waals surface area contributed by atoms with Crippen LogP contribution in [0, 0.1) is 29.6 Å². The Kier molecular flexibility index (Phi) is 4.46. The minimum absolute atomic E-state index is 0.0588. The lowest BCUT2D eigenvalue weighted by Crippen LogP contribution is -2.47. The lowest BCUT2D eigenvalue weighted by molar-refractivity contribution is -0.292. The molecule has 0 heterocycles. The summed E-state index contributed by atoms with van der Waals surface area (Å²) in [5.74, 6) is 2.09. The first-order chi connectivity index (χ1) is 8.97. The second-order valence-corrected chi connectivity index (χ2v) is 6.57. The lowest BCUT2D eigenvalue weighted by Gasteiger charge is -2.48. The zero-order chi connectivity index (χ0) is 14.2. The fraction of sp³-hybridized carbons (Fsp3) is 0.812. The van der Waals surface area contributed by atoms with Crippen molar-refractivity contribution in [3.05, 3.63) is 11.6 Å². The number of rotatable bonds is 3. The van der Waals surface area contributed by atoms with Gasteiger partial charge in [-0.2, -0.15) is 0 Å². The second kappa shape index (κ2) is 5.76. The molecule has 108 valence electrons. The van der Waals surface area contributed by atoms with Gasteiger partial charge in [-0.25, -0.2) is 4.89 Å². The molecule has 6 atom stereocenters. The summed E-state index contributed by atoms with van der Waals surface area (Å²) in [6.45, 7) is 8.02. The number of carbonyl (C=O) groups excluding carboxylic acids is 1. The summed E-state index contributed by atoms with van der Waals surface area (Å²) in [5, 5.41) is 9.30. The molecule has 1 saturated carbocycles. The highest BCUT2D eigenvalue weighted by Gasteiger charge is 2.47. The fourth-order valence-electron chi connectivity index (χ4n) is 4.18. The first-order valence-electron chi connectivity index (χ1n) is 7.44. The number of allylic oxidation sites excluding steroid dienone is 1. The highest BCUT2D eigenvalue weighted by Crippen LogP contribution is 2.49. The summed E-state index contributed by atoms with van der Waals surface area (Å²) in [7, 11) is 0. The van der Waals surface area contributed by atoms with Crippen molar-refractivity contribution in [1.29, 1.82) is 0 Å². The number of carbonyl (C=O) groups is 1. The third-order valence-electron chi connectivity index (χ3n) is 5.58. The summed E-state index contributed by atoms with van der Waals surface area (Å²) in [4.78, 5) is 16.6. The summed E-state index contributed by atoms with van der Waals surface area (Å²) < 4.78 is 0. The normalized spacial score (nSPS) is 40.3. The SMILES string of the molecule is CC(=O)[C@H](C)[C@@H]1CC[C@@H](C)[C@@H]2CC=C(C)C(OO)[C@@H]21. The molecule has 1 N–H and O–H groups in total. The Morgan fingerprint density at radius 2 is 2.16 bits per heavy atom. The Morgan fingerprint density at radius 3 is 2.74 bits per heavy atom. The molecule has 2 aliphatic carbocycles. The maximum atomic E-state index is 11.8. The van der Waals surface area contributed by atoms with Crippen LogP contribution in [0.4, 0.5) is 0 Å². The van der Waals surface area contributed by atoms with Crippen molar-refractivity contribution in [1.82, 2.24) is 0 Å². The van der Waals surface area contributed by atoms with Crippen molar-refractivity contribution in [2.24, 2.45) is 29.6 Å². The third kappa shape index (κ3) is 2.63. The molecule has 1 fully saturated rings. The smallest absolute Gasteiger partial charge is 0.132 e. The Bertz CT molecular complexity index is 374. The van der Waals surface area contributed by atoms with Crippen LogP contribution in [0.5, 0.6) is 0 Å². The molecule has 0 amide bonds. The number of Topliss-reactive ketones (excluding diaryl/α,β-unsaturated/α-hetero) is 1. The predicted octanol–water partition coefficient (Wildman–Crippen LogP) is 3.70. The van der Waals surface area contributed by atoms with Gasteiger partial charge in [0.2, 0.25) is 0 Å². The molecule has 0 radical (unpaired) electrons. The van der Waals surface area contributed by atoms with Gasteiger partial charge in [0.25, 0.3) is 0 Å². The fourth-order valence-corrected chi connectivity index (χ4v) is 4.18. The highest BCUT2D eigenvalue weighted by atomic mass is 17.1. The monoisotopic (exact) mass is 266 g/mol. The average Bonchev–Trinajstić information content (AvgIpc) is 2.38. The lowest BCUT2D eigenvalue weighted by atomic mass is 9.58. The van der Waals surface area contributed by atoms with Gasteiger partial charge >= 0.3 is 0 Å². The standard InChI is InChI=1S/C16H26O3/c1-9-5-8-14(11(3)12(4)17)15-13(9)7-6-10(2)16(15)19-18/h6,9,11,13-16,18H,5,7-8H2,1-4H3/t9-,11+,13+,14+,15+,16?/m1/s1. The molecule has 19 heavy (non-hydrogen) atoms. The van der Waals surface area contributed by atoms with Gasteiger partial charge in [0.05, 0.1) is 0 Å².